The molecule has 0 aromatic heterocycles. The number of nitrogens with two attached hydrogens (primary N) is 1. The maximum absolute atomic E-state index is 13.0. The van der Waals surface area contributed by atoms with Crippen molar-refractivity contribution in [1.82, 2.24) is 4.31 Å². The van der Waals surface area contributed by atoms with Gasteiger partial charge in [0.15, 0.2) is 0 Å². The summed E-state index contributed by atoms with van der Waals surface area (Å²) in [6, 6.07) is 3.69. The highest BCUT2D eigenvalue weighted by molar-refractivity contribution is 7.89. The van der Waals surface area contributed by atoms with Crippen LogP contribution in [0.3, 0.4) is 0 Å². The van der Waals surface area contributed by atoms with Gasteiger partial charge in [-0.05, 0) is 30.0 Å². The van der Waals surface area contributed by atoms with E-state index in [1.165, 1.54) is 6.07 Å². The molecule has 5 nitrogen and oxygen atoms in total. The van der Waals surface area contributed by atoms with Gasteiger partial charge in [0.1, 0.15) is 0 Å². The summed E-state index contributed by atoms with van der Waals surface area (Å²) in [7, 11) is -4.10. The van der Waals surface area contributed by atoms with Gasteiger partial charge in [-0.1, -0.05) is 13.8 Å². The van der Waals surface area contributed by atoms with Crippen molar-refractivity contribution in [3.05, 3.63) is 29.3 Å². The van der Waals surface area contributed by atoms with Crippen molar-refractivity contribution in [1.29, 1.82) is 5.26 Å². The van der Waals surface area contributed by atoms with E-state index in [2.05, 4.69) is 0 Å². The molecule has 0 amide bonds. The SMILES string of the molecule is CC1(C)CN(S(=O)(=O)c2ccc(C#N)c(C(F)(F)F)c2)CCC1N.Cl. The highest BCUT2D eigenvalue weighted by Crippen LogP contribution is 2.35. The Labute approximate surface area is 151 Å². The van der Waals surface area contributed by atoms with Gasteiger partial charge in [0, 0.05) is 19.1 Å². The smallest absolute Gasteiger partial charge is 0.327 e. The first-order valence-corrected chi connectivity index (χ1v) is 8.70. The van der Waals surface area contributed by atoms with Crippen molar-refractivity contribution >= 4 is 22.4 Å². The van der Waals surface area contributed by atoms with E-state index in [1.54, 1.807) is 0 Å². The van der Waals surface area contributed by atoms with Crippen molar-refractivity contribution in [3.8, 4) is 6.07 Å². The Morgan fingerprint density at radius 2 is 1.96 bits per heavy atom. The Kier molecular flexibility index (Phi) is 6.17. The molecule has 1 aromatic rings. The number of nitriles is 1. The summed E-state index contributed by atoms with van der Waals surface area (Å²) < 4.78 is 65.7. The standard InChI is InChI=1S/C15H18F3N3O2S.ClH/c1-14(2)9-21(6-5-13(14)20)24(22,23)11-4-3-10(8-19)12(7-11)15(16,17)18;/h3-4,7,13H,5-6,9,20H2,1-2H3;1H. The van der Waals surface area contributed by atoms with Gasteiger partial charge in [-0.25, -0.2) is 8.42 Å². The third kappa shape index (κ3) is 4.26. The van der Waals surface area contributed by atoms with Crippen LogP contribution in [0.1, 0.15) is 31.4 Å². The maximum atomic E-state index is 13.0. The Balaban J connectivity index is 0.00000312. The van der Waals surface area contributed by atoms with E-state index in [1.807, 2.05) is 13.8 Å². The molecule has 0 aliphatic carbocycles. The van der Waals surface area contributed by atoms with Gasteiger partial charge in [-0.2, -0.15) is 22.7 Å². The minimum Gasteiger partial charge on any atom is -0.327 e. The largest absolute Gasteiger partial charge is 0.417 e. The molecule has 0 bridgehead atoms. The molecule has 1 atom stereocenters. The zero-order chi connectivity index (χ0) is 18.3. The number of benzene rings is 1. The van der Waals surface area contributed by atoms with Crippen molar-refractivity contribution in [2.45, 2.75) is 37.4 Å². The lowest BCUT2D eigenvalue weighted by molar-refractivity contribution is -0.137. The summed E-state index contributed by atoms with van der Waals surface area (Å²) in [5, 5.41) is 8.80. The maximum Gasteiger partial charge on any atom is 0.417 e. The first-order chi connectivity index (χ1) is 10.9. The van der Waals surface area contributed by atoms with Crippen LogP contribution in [0, 0.1) is 16.7 Å². The second kappa shape index (κ2) is 7.11. The van der Waals surface area contributed by atoms with Gasteiger partial charge in [0.25, 0.3) is 0 Å². The third-order valence-electron chi connectivity index (χ3n) is 4.33. The molecule has 1 aliphatic rings. The number of halogens is 4. The van der Waals surface area contributed by atoms with Gasteiger partial charge >= 0.3 is 6.18 Å². The van der Waals surface area contributed by atoms with E-state index in [0.29, 0.717) is 12.5 Å². The van der Waals surface area contributed by atoms with Crippen LogP contribution in [0.2, 0.25) is 0 Å². The van der Waals surface area contributed by atoms with Crippen LogP contribution >= 0.6 is 12.4 Å². The predicted molar refractivity (Wildman–Crippen MR) is 88.5 cm³/mol. The third-order valence-corrected chi connectivity index (χ3v) is 6.17. The first-order valence-electron chi connectivity index (χ1n) is 7.26. The highest BCUT2D eigenvalue weighted by Gasteiger charge is 2.40. The minimum absolute atomic E-state index is 0. The fourth-order valence-corrected chi connectivity index (χ4v) is 4.35. The molecule has 0 radical (unpaired) electrons. The first kappa shape index (κ1) is 21.7. The van der Waals surface area contributed by atoms with Gasteiger partial charge < -0.3 is 5.73 Å². The minimum atomic E-state index is -4.81. The second-order valence-electron chi connectivity index (χ2n) is 6.54. The molecular weight excluding hydrogens is 379 g/mol. The molecule has 140 valence electrons. The van der Waals surface area contributed by atoms with Gasteiger partial charge in [-0.3, -0.25) is 0 Å². The number of rotatable bonds is 2. The normalized spacial score (nSPS) is 21.2. The zero-order valence-electron chi connectivity index (χ0n) is 13.7. The molecule has 25 heavy (non-hydrogen) atoms. The molecule has 1 aromatic carbocycles. The van der Waals surface area contributed by atoms with Gasteiger partial charge in [-0.15, -0.1) is 12.4 Å². The van der Waals surface area contributed by atoms with E-state index in [-0.39, 0.29) is 31.5 Å². The van der Waals surface area contributed by atoms with Crippen LogP contribution in [-0.2, 0) is 16.2 Å². The lowest BCUT2D eigenvalue weighted by Crippen LogP contribution is -2.53. The molecule has 0 saturated carbocycles. The molecule has 10 heteroatoms. The van der Waals surface area contributed by atoms with Crippen molar-refractivity contribution in [2.24, 2.45) is 11.1 Å². The molecule has 2 N–H and O–H groups in total. The van der Waals surface area contributed by atoms with E-state index < -0.39 is 37.6 Å². The lowest BCUT2D eigenvalue weighted by atomic mass is 9.81. The Bertz CT molecular complexity index is 788. The number of alkyl halides is 3. The summed E-state index contributed by atoms with van der Waals surface area (Å²) in [6.07, 6.45) is -4.38. The van der Waals surface area contributed by atoms with Crippen molar-refractivity contribution in [2.75, 3.05) is 13.1 Å². The predicted octanol–water partition coefficient (Wildman–Crippen LogP) is 2.75. The molecule has 1 fully saturated rings. The summed E-state index contributed by atoms with van der Waals surface area (Å²) in [4.78, 5) is -0.472. The Hall–Kier alpha value is -1.34. The lowest BCUT2D eigenvalue weighted by Gasteiger charge is -2.41. The molecule has 1 heterocycles. The molecule has 1 unspecified atom stereocenters. The summed E-state index contributed by atoms with van der Waals surface area (Å²) >= 11 is 0. The topological polar surface area (TPSA) is 87.2 Å². The second-order valence-corrected chi connectivity index (χ2v) is 8.48. The quantitative estimate of drug-likeness (QED) is 0.831. The number of piperidine rings is 1. The van der Waals surface area contributed by atoms with Gasteiger partial charge in [0.05, 0.1) is 22.1 Å². The van der Waals surface area contributed by atoms with Crippen molar-refractivity contribution < 1.29 is 21.6 Å². The molecule has 2 rings (SSSR count). The monoisotopic (exact) mass is 397 g/mol. The average Bonchev–Trinajstić information content (AvgIpc) is 2.48. The van der Waals surface area contributed by atoms with Crippen LogP contribution < -0.4 is 5.73 Å². The molecule has 1 saturated heterocycles. The summed E-state index contributed by atoms with van der Waals surface area (Å²) in [5.41, 5.74) is 3.63. The van der Waals surface area contributed by atoms with E-state index in [4.69, 9.17) is 11.0 Å². The van der Waals surface area contributed by atoms with E-state index in [0.717, 1.165) is 16.4 Å². The van der Waals surface area contributed by atoms with Crippen LogP contribution in [0.4, 0.5) is 13.2 Å². The zero-order valence-corrected chi connectivity index (χ0v) is 15.3. The Morgan fingerprint density at radius 3 is 2.44 bits per heavy atom. The average molecular weight is 398 g/mol. The van der Waals surface area contributed by atoms with E-state index >= 15 is 0 Å². The number of nitrogens with zero attached hydrogens (tertiary/aromatic N) is 2. The van der Waals surface area contributed by atoms with E-state index in [9.17, 15) is 21.6 Å². The van der Waals surface area contributed by atoms with Crippen LogP contribution in [0.25, 0.3) is 0 Å². The highest BCUT2D eigenvalue weighted by atomic mass is 35.5. The summed E-state index contributed by atoms with van der Waals surface area (Å²) in [6.45, 7) is 3.91. The van der Waals surface area contributed by atoms with Crippen LogP contribution in [0.15, 0.2) is 23.1 Å². The fourth-order valence-electron chi connectivity index (χ4n) is 2.69. The number of sulfonamides is 1. The number of hydrogen-bond acceptors (Lipinski definition) is 4. The van der Waals surface area contributed by atoms with Crippen LogP contribution in [0.5, 0.6) is 0 Å². The van der Waals surface area contributed by atoms with Gasteiger partial charge in [0.2, 0.25) is 10.0 Å². The Morgan fingerprint density at radius 1 is 1.36 bits per heavy atom. The van der Waals surface area contributed by atoms with Crippen molar-refractivity contribution in [3.63, 3.8) is 0 Å². The van der Waals surface area contributed by atoms with Crippen LogP contribution in [-0.4, -0.2) is 31.9 Å². The molecular formula is C15H19ClF3N3O2S. The fraction of sp³-hybridized carbons (Fsp3) is 0.533. The molecule has 0 spiro atoms. The molecule has 1 aliphatic heterocycles. The number of hydrogen-bond donors (Lipinski definition) is 1. The summed E-state index contributed by atoms with van der Waals surface area (Å²) in [5.74, 6) is 0.